The normalized spacial score (nSPS) is 17.6. The van der Waals surface area contributed by atoms with Crippen molar-refractivity contribution in [2.75, 3.05) is 13.1 Å². The highest BCUT2D eigenvalue weighted by molar-refractivity contribution is 5.75. The van der Waals surface area contributed by atoms with Crippen molar-refractivity contribution in [3.05, 3.63) is 59.9 Å². The van der Waals surface area contributed by atoms with Crippen LogP contribution in [0.15, 0.2) is 48.7 Å². The van der Waals surface area contributed by atoms with Gasteiger partial charge in [0.05, 0.1) is 6.04 Å². The summed E-state index contributed by atoms with van der Waals surface area (Å²) < 4.78 is 2.23. The van der Waals surface area contributed by atoms with Gasteiger partial charge >= 0.3 is 6.03 Å². The predicted molar refractivity (Wildman–Crippen MR) is 78.5 cm³/mol. The van der Waals surface area contributed by atoms with Crippen LogP contribution in [0.25, 0.3) is 0 Å². The summed E-state index contributed by atoms with van der Waals surface area (Å²) in [5.41, 5.74) is 2.33. The summed E-state index contributed by atoms with van der Waals surface area (Å²) in [5.74, 6) is 0. The number of carbonyl (C=O) groups excluding carboxylic acids is 1. The number of amides is 2. The van der Waals surface area contributed by atoms with Crippen molar-refractivity contribution in [2.24, 2.45) is 0 Å². The molecule has 2 heterocycles. The molecule has 0 aliphatic carbocycles. The standard InChI is InChI=1S/C16H19N3O/c1-2-17-16(20)19-12-11-18-10-6-9-14(18)15(19)13-7-4-3-5-8-13/h3-10,15H,2,11-12H2,1H3,(H,17,20). The maximum atomic E-state index is 12.3. The van der Waals surface area contributed by atoms with Gasteiger partial charge in [0.1, 0.15) is 0 Å². The third kappa shape index (κ3) is 2.18. The fraction of sp³-hybridized carbons (Fsp3) is 0.312. The van der Waals surface area contributed by atoms with E-state index >= 15 is 0 Å². The first-order valence-electron chi connectivity index (χ1n) is 7.05. The van der Waals surface area contributed by atoms with Crippen LogP contribution in [0.1, 0.15) is 24.2 Å². The largest absolute Gasteiger partial charge is 0.348 e. The second-order valence-electron chi connectivity index (χ2n) is 4.97. The minimum atomic E-state index is -0.00787. The summed E-state index contributed by atoms with van der Waals surface area (Å²) in [6.45, 7) is 4.18. The van der Waals surface area contributed by atoms with Crippen LogP contribution in [0.2, 0.25) is 0 Å². The van der Waals surface area contributed by atoms with E-state index in [0.717, 1.165) is 18.7 Å². The van der Waals surface area contributed by atoms with E-state index in [1.807, 2.05) is 36.1 Å². The van der Waals surface area contributed by atoms with Gasteiger partial charge in [0, 0.05) is 31.5 Å². The van der Waals surface area contributed by atoms with E-state index in [0.29, 0.717) is 6.54 Å². The zero-order valence-electron chi connectivity index (χ0n) is 11.6. The van der Waals surface area contributed by atoms with E-state index in [1.54, 1.807) is 0 Å². The Morgan fingerprint density at radius 2 is 2.00 bits per heavy atom. The molecular weight excluding hydrogens is 250 g/mol. The van der Waals surface area contributed by atoms with Gasteiger partial charge in [-0.2, -0.15) is 0 Å². The van der Waals surface area contributed by atoms with Gasteiger partial charge in [-0.05, 0) is 24.6 Å². The van der Waals surface area contributed by atoms with Crippen LogP contribution in [-0.2, 0) is 6.54 Å². The van der Waals surface area contributed by atoms with E-state index < -0.39 is 0 Å². The Bertz CT molecular complexity index is 591. The fourth-order valence-electron chi connectivity index (χ4n) is 2.84. The fourth-order valence-corrected chi connectivity index (χ4v) is 2.84. The molecule has 1 atom stereocenters. The highest BCUT2D eigenvalue weighted by atomic mass is 16.2. The Morgan fingerprint density at radius 3 is 2.75 bits per heavy atom. The van der Waals surface area contributed by atoms with Crippen LogP contribution in [0.3, 0.4) is 0 Å². The maximum Gasteiger partial charge on any atom is 0.318 e. The van der Waals surface area contributed by atoms with Crippen molar-refractivity contribution in [1.82, 2.24) is 14.8 Å². The van der Waals surface area contributed by atoms with Gasteiger partial charge in [0.2, 0.25) is 0 Å². The van der Waals surface area contributed by atoms with Gasteiger partial charge in [0.15, 0.2) is 0 Å². The van der Waals surface area contributed by atoms with Crippen LogP contribution in [0.5, 0.6) is 0 Å². The van der Waals surface area contributed by atoms with Gasteiger partial charge in [-0.1, -0.05) is 30.3 Å². The molecule has 1 aromatic carbocycles. The molecular formula is C16H19N3O. The average Bonchev–Trinajstić information content (AvgIpc) is 2.95. The molecule has 2 aromatic rings. The highest BCUT2D eigenvalue weighted by Crippen LogP contribution is 2.32. The summed E-state index contributed by atoms with van der Waals surface area (Å²) in [5, 5.41) is 2.92. The Hall–Kier alpha value is -2.23. The number of benzene rings is 1. The summed E-state index contributed by atoms with van der Waals surface area (Å²) >= 11 is 0. The van der Waals surface area contributed by atoms with Gasteiger partial charge in [-0.25, -0.2) is 4.79 Å². The first kappa shape index (κ1) is 12.8. The topological polar surface area (TPSA) is 37.3 Å². The second-order valence-corrected chi connectivity index (χ2v) is 4.97. The SMILES string of the molecule is CCNC(=O)N1CCn2cccc2C1c1ccccc1. The maximum absolute atomic E-state index is 12.3. The molecule has 4 nitrogen and oxygen atoms in total. The first-order valence-corrected chi connectivity index (χ1v) is 7.05. The third-order valence-corrected chi connectivity index (χ3v) is 3.74. The van der Waals surface area contributed by atoms with E-state index in [4.69, 9.17) is 0 Å². The Kier molecular flexibility index (Phi) is 3.46. The minimum Gasteiger partial charge on any atom is -0.348 e. The molecule has 1 unspecified atom stereocenters. The number of hydrogen-bond acceptors (Lipinski definition) is 1. The number of rotatable bonds is 2. The van der Waals surface area contributed by atoms with E-state index in [9.17, 15) is 4.79 Å². The summed E-state index contributed by atoms with van der Waals surface area (Å²) in [6, 6.07) is 14.4. The minimum absolute atomic E-state index is 0.00787. The monoisotopic (exact) mass is 269 g/mol. The van der Waals surface area contributed by atoms with Crippen molar-refractivity contribution < 1.29 is 4.79 Å². The molecule has 1 aliphatic heterocycles. The number of nitrogens with one attached hydrogen (secondary N) is 1. The highest BCUT2D eigenvalue weighted by Gasteiger charge is 2.31. The molecule has 1 N–H and O–H groups in total. The second kappa shape index (κ2) is 5.41. The van der Waals surface area contributed by atoms with Gasteiger partial charge in [-0.3, -0.25) is 0 Å². The zero-order valence-corrected chi connectivity index (χ0v) is 11.6. The Balaban J connectivity index is 2.01. The molecule has 2 amide bonds. The van der Waals surface area contributed by atoms with Crippen LogP contribution in [0, 0.1) is 0 Å². The number of carbonyl (C=O) groups is 1. The number of aromatic nitrogens is 1. The summed E-state index contributed by atoms with van der Waals surface area (Å²) in [6.07, 6.45) is 2.08. The summed E-state index contributed by atoms with van der Waals surface area (Å²) in [7, 11) is 0. The van der Waals surface area contributed by atoms with Crippen molar-refractivity contribution in [3.8, 4) is 0 Å². The van der Waals surface area contributed by atoms with Crippen LogP contribution >= 0.6 is 0 Å². The number of fused-ring (bicyclic) bond motifs is 1. The lowest BCUT2D eigenvalue weighted by molar-refractivity contribution is 0.169. The van der Waals surface area contributed by atoms with Crippen molar-refractivity contribution in [2.45, 2.75) is 19.5 Å². The molecule has 0 bridgehead atoms. The van der Waals surface area contributed by atoms with Crippen molar-refractivity contribution in [3.63, 3.8) is 0 Å². The molecule has 0 radical (unpaired) electrons. The Morgan fingerprint density at radius 1 is 1.20 bits per heavy atom. The van der Waals surface area contributed by atoms with Gasteiger partial charge < -0.3 is 14.8 Å². The van der Waals surface area contributed by atoms with E-state index in [-0.39, 0.29) is 12.1 Å². The van der Waals surface area contributed by atoms with E-state index in [1.165, 1.54) is 5.69 Å². The molecule has 1 aliphatic rings. The molecule has 0 saturated carbocycles. The molecule has 0 saturated heterocycles. The molecule has 20 heavy (non-hydrogen) atoms. The zero-order chi connectivity index (χ0) is 13.9. The lowest BCUT2D eigenvalue weighted by atomic mass is 10.0. The number of hydrogen-bond donors (Lipinski definition) is 1. The molecule has 104 valence electrons. The predicted octanol–water partition coefficient (Wildman–Crippen LogP) is 2.62. The Labute approximate surface area is 119 Å². The molecule has 0 spiro atoms. The smallest absolute Gasteiger partial charge is 0.318 e. The number of urea groups is 1. The van der Waals surface area contributed by atoms with Crippen molar-refractivity contribution in [1.29, 1.82) is 0 Å². The van der Waals surface area contributed by atoms with Crippen LogP contribution in [-0.4, -0.2) is 28.6 Å². The lowest BCUT2D eigenvalue weighted by Crippen LogP contribution is -2.47. The molecule has 4 heteroatoms. The first-order chi connectivity index (χ1) is 9.81. The van der Waals surface area contributed by atoms with Crippen LogP contribution < -0.4 is 5.32 Å². The average molecular weight is 269 g/mol. The van der Waals surface area contributed by atoms with Crippen molar-refractivity contribution >= 4 is 6.03 Å². The molecule has 0 fully saturated rings. The quantitative estimate of drug-likeness (QED) is 0.894. The molecule has 1 aromatic heterocycles. The number of nitrogens with zero attached hydrogens (tertiary/aromatic N) is 2. The summed E-state index contributed by atoms with van der Waals surface area (Å²) in [4.78, 5) is 14.2. The van der Waals surface area contributed by atoms with E-state index in [2.05, 4.69) is 34.3 Å². The molecule has 3 rings (SSSR count). The third-order valence-electron chi connectivity index (χ3n) is 3.74. The lowest BCUT2D eigenvalue weighted by Gasteiger charge is -2.37. The van der Waals surface area contributed by atoms with Gasteiger partial charge in [-0.15, -0.1) is 0 Å². The van der Waals surface area contributed by atoms with Gasteiger partial charge in [0.25, 0.3) is 0 Å². The van der Waals surface area contributed by atoms with Crippen LogP contribution in [0.4, 0.5) is 4.79 Å².